The number of benzene rings is 1. The summed E-state index contributed by atoms with van der Waals surface area (Å²) >= 11 is 0. The fourth-order valence-corrected chi connectivity index (χ4v) is 1.73. The number of nitrogens with zero attached hydrogens (tertiary/aromatic N) is 3. The van der Waals surface area contributed by atoms with E-state index in [0.29, 0.717) is 5.75 Å². The molecule has 0 unspecified atom stereocenters. The molecule has 0 amide bonds. The lowest BCUT2D eigenvalue weighted by atomic mass is 10.1. The van der Waals surface area contributed by atoms with Gasteiger partial charge in [0.05, 0.1) is 4.92 Å². The van der Waals surface area contributed by atoms with Crippen LogP contribution in [0, 0.1) is 24.0 Å². The van der Waals surface area contributed by atoms with Crippen LogP contribution >= 0.6 is 0 Å². The Hall–Kier alpha value is -2.74. The molecular formula is C12H13N5O3. The van der Waals surface area contributed by atoms with E-state index in [1.807, 2.05) is 26.0 Å². The van der Waals surface area contributed by atoms with Gasteiger partial charge >= 0.3 is 11.6 Å². The Morgan fingerprint density at radius 2 is 2.10 bits per heavy atom. The molecule has 1 heterocycles. The Bertz CT molecular complexity index is 660. The maximum atomic E-state index is 11.1. The molecule has 0 bridgehead atoms. The number of aromatic nitrogens is 2. The van der Waals surface area contributed by atoms with Gasteiger partial charge in [0.25, 0.3) is 0 Å². The third-order valence-electron chi connectivity index (χ3n) is 2.65. The summed E-state index contributed by atoms with van der Waals surface area (Å²) in [5.74, 6) is 5.42. The summed E-state index contributed by atoms with van der Waals surface area (Å²) in [5.41, 5.74) is 3.66. The lowest BCUT2D eigenvalue weighted by molar-refractivity contribution is -0.385. The van der Waals surface area contributed by atoms with Crippen LogP contribution < -0.4 is 16.0 Å². The molecule has 2 rings (SSSR count). The summed E-state index contributed by atoms with van der Waals surface area (Å²) < 4.78 is 5.51. The van der Waals surface area contributed by atoms with Gasteiger partial charge in [-0.15, -0.1) is 0 Å². The molecular weight excluding hydrogens is 262 g/mol. The van der Waals surface area contributed by atoms with Gasteiger partial charge in [-0.1, -0.05) is 17.7 Å². The monoisotopic (exact) mass is 275 g/mol. The lowest BCUT2D eigenvalue weighted by Gasteiger charge is -2.09. The van der Waals surface area contributed by atoms with Gasteiger partial charge in [0.2, 0.25) is 5.82 Å². The maximum absolute atomic E-state index is 11.1. The van der Waals surface area contributed by atoms with Crippen molar-refractivity contribution in [3.8, 4) is 11.6 Å². The topological polar surface area (TPSA) is 116 Å². The van der Waals surface area contributed by atoms with E-state index in [4.69, 9.17) is 10.6 Å². The Morgan fingerprint density at radius 3 is 2.70 bits per heavy atom. The second-order valence-electron chi connectivity index (χ2n) is 4.15. The first kappa shape index (κ1) is 13.7. The molecule has 1 aromatic heterocycles. The van der Waals surface area contributed by atoms with Crippen LogP contribution in [0.2, 0.25) is 0 Å². The number of hydrazine groups is 1. The van der Waals surface area contributed by atoms with Crippen molar-refractivity contribution in [2.75, 3.05) is 5.43 Å². The van der Waals surface area contributed by atoms with Crippen molar-refractivity contribution >= 4 is 11.5 Å². The Labute approximate surface area is 114 Å². The molecule has 0 aliphatic heterocycles. The summed E-state index contributed by atoms with van der Waals surface area (Å²) in [5, 5.41) is 11.1. The molecule has 8 nitrogen and oxygen atoms in total. The summed E-state index contributed by atoms with van der Waals surface area (Å²) in [6, 6.07) is 5.48. The van der Waals surface area contributed by atoms with Crippen LogP contribution in [0.4, 0.5) is 11.5 Å². The van der Waals surface area contributed by atoms with Gasteiger partial charge in [-0.05, 0) is 25.5 Å². The number of rotatable bonds is 4. The molecule has 0 fully saturated rings. The van der Waals surface area contributed by atoms with E-state index in [1.165, 1.54) is 0 Å². The number of anilines is 1. The molecule has 3 N–H and O–H groups in total. The van der Waals surface area contributed by atoms with Crippen LogP contribution in [0.5, 0.6) is 11.6 Å². The van der Waals surface area contributed by atoms with Crippen molar-refractivity contribution in [3.63, 3.8) is 0 Å². The predicted molar refractivity (Wildman–Crippen MR) is 72.5 cm³/mol. The van der Waals surface area contributed by atoms with Crippen molar-refractivity contribution in [2.45, 2.75) is 13.8 Å². The van der Waals surface area contributed by atoms with E-state index in [0.717, 1.165) is 17.5 Å². The standard InChI is InChI=1S/C12H13N5O3/c1-7-3-4-9(8(2)5-7)20-12-10(17(18)19)11(16-13)14-6-15-12/h3-6H,13H2,1-2H3,(H,14,15,16). The Balaban J connectivity index is 2.45. The van der Waals surface area contributed by atoms with Gasteiger partial charge in [-0.2, -0.15) is 4.98 Å². The molecule has 0 aliphatic rings. The van der Waals surface area contributed by atoms with Crippen LogP contribution in [0.25, 0.3) is 0 Å². The normalized spacial score (nSPS) is 10.2. The van der Waals surface area contributed by atoms with E-state index in [-0.39, 0.29) is 11.7 Å². The van der Waals surface area contributed by atoms with Crippen LogP contribution in [-0.2, 0) is 0 Å². The highest BCUT2D eigenvalue weighted by Crippen LogP contribution is 2.34. The Kier molecular flexibility index (Phi) is 3.76. The average molecular weight is 275 g/mol. The molecule has 1 aromatic carbocycles. The van der Waals surface area contributed by atoms with Crippen molar-refractivity contribution in [1.82, 2.24) is 9.97 Å². The molecule has 104 valence electrons. The van der Waals surface area contributed by atoms with Crippen LogP contribution in [-0.4, -0.2) is 14.9 Å². The van der Waals surface area contributed by atoms with Crippen LogP contribution in [0.3, 0.4) is 0 Å². The summed E-state index contributed by atoms with van der Waals surface area (Å²) in [6.07, 6.45) is 1.14. The number of hydrogen-bond donors (Lipinski definition) is 2. The highest BCUT2D eigenvalue weighted by Gasteiger charge is 2.24. The second kappa shape index (κ2) is 5.49. The second-order valence-corrected chi connectivity index (χ2v) is 4.15. The minimum atomic E-state index is -0.645. The third-order valence-corrected chi connectivity index (χ3v) is 2.65. The van der Waals surface area contributed by atoms with E-state index >= 15 is 0 Å². The number of nitrogen functional groups attached to an aromatic ring is 1. The number of aryl methyl sites for hydroxylation is 2. The third kappa shape index (κ3) is 2.64. The summed E-state index contributed by atoms with van der Waals surface area (Å²) in [7, 11) is 0. The highest BCUT2D eigenvalue weighted by molar-refractivity contribution is 5.61. The summed E-state index contributed by atoms with van der Waals surface area (Å²) in [6.45, 7) is 3.79. The van der Waals surface area contributed by atoms with Gasteiger partial charge in [-0.3, -0.25) is 10.1 Å². The van der Waals surface area contributed by atoms with Gasteiger partial charge in [0.1, 0.15) is 12.1 Å². The molecule has 0 spiro atoms. The minimum Gasteiger partial charge on any atom is -0.433 e. The molecule has 20 heavy (non-hydrogen) atoms. The first-order chi connectivity index (χ1) is 9.52. The summed E-state index contributed by atoms with van der Waals surface area (Å²) in [4.78, 5) is 17.9. The Morgan fingerprint density at radius 1 is 1.35 bits per heavy atom. The van der Waals surface area contributed by atoms with Gasteiger partial charge in [-0.25, -0.2) is 10.8 Å². The minimum absolute atomic E-state index is 0.107. The van der Waals surface area contributed by atoms with Crippen LogP contribution in [0.15, 0.2) is 24.5 Å². The molecule has 2 aromatic rings. The number of ether oxygens (including phenoxy) is 1. The quantitative estimate of drug-likeness (QED) is 0.498. The lowest BCUT2D eigenvalue weighted by Crippen LogP contribution is -2.12. The first-order valence-corrected chi connectivity index (χ1v) is 5.74. The van der Waals surface area contributed by atoms with Gasteiger partial charge in [0.15, 0.2) is 0 Å². The van der Waals surface area contributed by atoms with Gasteiger partial charge < -0.3 is 10.2 Å². The van der Waals surface area contributed by atoms with E-state index < -0.39 is 10.6 Å². The van der Waals surface area contributed by atoms with Crippen molar-refractivity contribution in [1.29, 1.82) is 0 Å². The van der Waals surface area contributed by atoms with Crippen molar-refractivity contribution in [3.05, 3.63) is 45.8 Å². The van der Waals surface area contributed by atoms with E-state index in [9.17, 15) is 10.1 Å². The van der Waals surface area contributed by atoms with Crippen LogP contribution in [0.1, 0.15) is 11.1 Å². The molecule has 8 heteroatoms. The zero-order chi connectivity index (χ0) is 14.7. The SMILES string of the molecule is Cc1ccc(Oc2ncnc(NN)c2[N+](=O)[O-])c(C)c1. The predicted octanol–water partition coefficient (Wildman–Crippen LogP) is 2.08. The zero-order valence-electron chi connectivity index (χ0n) is 11.0. The highest BCUT2D eigenvalue weighted by atomic mass is 16.6. The fraction of sp³-hybridized carbons (Fsp3) is 0.167. The van der Waals surface area contributed by atoms with Crippen molar-refractivity contribution in [2.24, 2.45) is 5.84 Å². The largest absolute Gasteiger partial charge is 0.433 e. The fourth-order valence-electron chi connectivity index (χ4n) is 1.73. The molecule has 0 atom stereocenters. The first-order valence-electron chi connectivity index (χ1n) is 5.74. The molecule has 0 saturated heterocycles. The van der Waals surface area contributed by atoms with Gasteiger partial charge in [0, 0.05) is 0 Å². The number of hydrogen-bond acceptors (Lipinski definition) is 7. The van der Waals surface area contributed by atoms with E-state index in [2.05, 4.69) is 15.4 Å². The number of nitrogens with two attached hydrogens (primary N) is 1. The zero-order valence-corrected chi connectivity index (χ0v) is 11.0. The van der Waals surface area contributed by atoms with Crippen molar-refractivity contribution < 1.29 is 9.66 Å². The number of nitrogens with one attached hydrogen (secondary N) is 1. The molecule has 0 radical (unpaired) electrons. The maximum Gasteiger partial charge on any atom is 0.374 e. The smallest absolute Gasteiger partial charge is 0.374 e. The average Bonchev–Trinajstić information content (AvgIpc) is 2.41. The molecule has 0 saturated carbocycles. The van der Waals surface area contributed by atoms with E-state index in [1.54, 1.807) is 6.07 Å². The molecule has 0 aliphatic carbocycles. The number of nitro groups is 1.